The van der Waals surface area contributed by atoms with Crippen LogP contribution in [0.15, 0.2) is 42.6 Å². The van der Waals surface area contributed by atoms with Gasteiger partial charge in [-0.1, -0.05) is 18.2 Å². The maximum absolute atomic E-state index is 13.5. The average molecular weight is 274 g/mol. The molecule has 1 amide bonds. The third-order valence-electron chi connectivity index (χ3n) is 2.97. The molecule has 0 aliphatic heterocycles. The molecule has 1 atom stereocenters. The molecule has 2 N–H and O–H groups in total. The van der Waals surface area contributed by atoms with Crippen molar-refractivity contribution in [3.63, 3.8) is 0 Å². The number of benzene rings is 1. The number of hydrogen-bond acceptors (Lipinski definition) is 3. The number of aryl methyl sites for hydroxylation is 1. The number of aromatic nitrogens is 1. The summed E-state index contributed by atoms with van der Waals surface area (Å²) in [6, 6.07) is 9.24. The lowest BCUT2D eigenvalue weighted by molar-refractivity contribution is 0.0913. The van der Waals surface area contributed by atoms with Crippen LogP contribution in [0.3, 0.4) is 0 Å². The maximum Gasteiger partial charge on any atom is 0.253 e. The van der Waals surface area contributed by atoms with E-state index in [1.54, 1.807) is 37.4 Å². The summed E-state index contributed by atoms with van der Waals surface area (Å²) in [7, 11) is 0. The molecule has 0 radical (unpaired) electrons. The van der Waals surface area contributed by atoms with E-state index in [0.29, 0.717) is 11.3 Å². The van der Waals surface area contributed by atoms with Gasteiger partial charge in [-0.05, 0) is 25.1 Å². The van der Waals surface area contributed by atoms with E-state index in [1.165, 1.54) is 12.1 Å². The number of hydrogen-bond donors (Lipinski definition) is 2. The second-order valence-electron chi connectivity index (χ2n) is 4.38. The van der Waals surface area contributed by atoms with Crippen molar-refractivity contribution < 1.29 is 14.3 Å². The molecular weight excluding hydrogens is 259 g/mol. The molecule has 1 heterocycles. The molecule has 20 heavy (non-hydrogen) atoms. The van der Waals surface area contributed by atoms with Crippen LogP contribution in [0.4, 0.5) is 4.39 Å². The fourth-order valence-corrected chi connectivity index (χ4v) is 1.86. The molecule has 0 fully saturated rings. The fourth-order valence-electron chi connectivity index (χ4n) is 1.86. The van der Waals surface area contributed by atoms with E-state index < -0.39 is 11.9 Å². The van der Waals surface area contributed by atoms with Crippen molar-refractivity contribution >= 4 is 5.91 Å². The first-order chi connectivity index (χ1) is 9.59. The van der Waals surface area contributed by atoms with Gasteiger partial charge in [0.1, 0.15) is 5.82 Å². The molecule has 4 nitrogen and oxygen atoms in total. The number of carbonyl (C=O) groups excluding carboxylic acids is 1. The molecule has 0 aliphatic rings. The van der Waals surface area contributed by atoms with Crippen LogP contribution in [-0.4, -0.2) is 22.5 Å². The number of rotatable bonds is 4. The quantitative estimate of drug-likeness (QED) is 0.896. The van der Waals surface area contributed by atoms with Gasteiger partial charge in [-0.25, -0.2) is 4.39 Å². The van der Waals surface area contributed by atoms with Crippen LogP contribution in [0.5, 0.6) is 0 Å². The van der Waals surface area contributed by atoms with Gasteiger partial charge in [0.25, 0.3) is 5.91 Å². The normalized spacial score (nSPS) is 11.9. The van der Waals surface area contributed by atoms with Crippen LogP contribution in [-0.2, 0) is 0 Å². The van der Waals surface area contributed by atoms with E-state index in [4.69, 9.17) is 0 Å². The molecule has 2 aromatic rings. The Morgan fingerprint density at radius 1 is 1.35 bits per heavy atom. The van der Waals surface area contributed by atoms with Gasteiger partial charge >= 0.3 is 0 Å². The van der Waals surface area contributed by atoms with Crippen molar-refractivity contribution in [2.45, 2.75) is 13.0 Å². The maximum atomic E-state index is 13.5. The summed E-state index contributed by atoms with van der Waals surface area (Å²) in [5, 5.41) is 12.5. The Morgan fingerprint density at radius 3 is 2.80 bits per heavy atom. The van der Waals surface area contributed by atoms with Gasteiger partial charge in [-0.15, -0.1) is 0 Å². The van der Waals surface area contributed by atoms with Gasteiger partial charge in [0.2, 0.25) is 0 Å². The lowest BCUT2D eigenvalue weighted by atomic mass is 10.1. The van der Waals surface area contributed by atoms with E-state index in [1.807, 2.05) is 0 Å². The minimum atomic E-state index is -1.09. The van der Waals surface area contributed by atoms with Gasteiger partial charge < -0.3 is 10.4 Å². The predicted molar refractivity (Wildman–Crippen MR) is 72.7 cm³/mol. The summed E-state index contributed by atoms with van der Waals surface area (Å²) in [4.78, 5) is 15.9. The molecule has 1 aromatic heterocycles. The predicted octanol–water partition coefficient (Wildman–Crippen LogP) is 1.99. The standard InChI is InChI=1S/C15H15FN2O2/c1-10-11(6-4-8-17-10)15(20)18-9-14(19)12-5-2-3-7-13(12)16/h2-8,14,19H,9H2,1H3,(H,18,20). The molecule has 0 spiro atoms. The Morgan fingerprint density at radius 2 is 2.10 bits per heavy atom. The van der Waals surface area contributed by atoms with Gasteiger partial charge in [0.05, 0.1) is 11.7 Å². The van der Waals surface area contributed by atoms with Gasteiger partial charge in [-0.2, -0.15) is 0 Å². The third kappa shape index (κ3) is 3.19. The van der Waals surface area contributed by atoms with Crippen molar-refractivity contribution in [2.24, 2.45) is 0 Å². The second-order valence-corrected chi connectivity index (χ2v) is 4.38. The van der Waals surface area contributed by atoms with Crippen LogP contribution in [0.1, 0.15) is 27.7 Å². The molecule has 0 saturated heterocycles. The Kier molecular flexibility index (Phi) is 4.42. The second kappa shape index (κ2) is 6.25. The third-order valence-corrected chi connectivity index (χ3v) is 2.97. The molecule has 2 rings (SSSR count). The molecule has 0 saturated carbocycles. The Balaban J connectivity index is 2.01. The van der Waals surface area contributed by atoms with Gasteiger partial charge in [0, 0.05) is 24.0 Å². The first-order valence-electron chi connectivity index (χ1n) is 6.22. The Hall–Kier alpha value is -2.27. The van der Waals surface area contributed by atoms with Crippen LogP contribution >= 0.6 is 0 Å². The molecular formula is C15H15FN2O2. The summed E-state index contributed by atoms with van der Waals surface area (Å²) in [6.07, 6.45) is 0.512. The summed E-state index contributed by atoms with van der Waals surface area (Å²) >= 11 is 0. The van der Waals surface area contributed by atoms with E-state index in [2.05, 4.69) is 10.3 Å². The lowest BCUT2D eigenvalue weighted by Crippen LogP contribution is -2.29. The summed E-state index contributed by atoms with van der Waals surface area (Å²) in [5.74, 6) is -0.835. The molecule has 0 aliphatic carbocycles. The highest BCUT2D eigenvalue weighted by Gasteiger charge is 2.15. The zero-order valence-corrected chi connectivity index (χ0v) is 11.0. The summed E-state index contributed by atoms with van der Waals surface area (Å²) in [6.45, 7) is 1.66. The monoisotopic (exact) mass is 274 g/mol. The van der Waals surface area contributed by atoms with Gasteiger partial charge in [0.15, 0.2) is 0 Å². The van der Waals surface area contributed by atoms with Gasteiger partial charge in [-0.3, -0.25) is 9.78 Å². The minimum Gasteiger partial charge on any atom is -0.386 e. The molecule has 0 bridgehead atoms. The first kappa shape index (κ1) is 14.1. The van der Waals surface area contributed by atoms with Crippen molar-refractivity contribution in [3.05, 3.63) is 65.2 Å². The van der Waals surface area contributed by atoms with Crippen LogP contribution in [0, 0.1) is 12.7 Å². The SMILES string of the molecule is Cc1ncccc1C(=O)NCC(O)c1ccccc1F. The zero-order valence-electron chi connectivity index (χ0n) is 11.0. The van der Waals surface area contributed by atoms with Crippen LogP contribution in [0.25, 0.3) is 0 Å². The largest absolute Gasteiger partial charge is 0.386 e. The number of nitrogens with one attached hydrogen (secondary N) is 1. The zero-order chi connectivity index (χ0) is 14.5. The van der Waals surface area contributed by atoms with Crippen molar-refractivity contribution in [3.8, 4) is 0 Å². The van der Waals surface area contributed by atoms with E-state index in [9.17, 15) is 14.3 Å². The number of carbonyl (C=O) groups is 1. The molecule has 1 unspecified atom stereocenters. The van der Waals surface area contributed by atoms with E-state index in [-0.39, 0.29) is 18.0 Å². The highest BCUT2D eigenvalue weighted by Crippen LogP contribution is 2.15. The van der Waals surface area contributed by atoms with Crippen molar-refractivity contribution in [1.82, 2.24) is 10.3 Å². The Labute approximate surface area is 116 Å². The van der Waals surface area contributed by atoms with Crippen molar-refractivity contribution in [2.75, 3.05) is 6.54 Å². The van der Waals surface area contributed by atoms with Crippen LogP contribution in [0.2, 0.25) is 0 Å². The van der Waals surface area contributed by atoms with E-state index >= 15 is 0 Å². The van der Waals surface area contributed by atoms with Crippen molar-refractivity contribution in [1.29, 1.82) is 0 Å². The number of pyridine rings is 1. The van der Waals surface area contributed by atoms with E-state index in [0.717, 1.165) is 0 Å². The molecule has 1 aromatic carbocycles. The van der Waals surface area contributed by atoms with Crippen LogP contribution < -0.4 is 5.32 Å². The number of halogens is 1. The Bertz CT molecular complexity index is 616. The minimum absolute atomic E-state index is 0.0614. The highest BCUT2D eigenvalue weighted by atomic mass is 19.1. The number of amides is 1. The molecule has 104 valence electrons. The number of aliphatic hydroxyl groups excluding tert-OH is 1. The number of aliphatic hydroxyl groups is 1. The topological polar surface area (TPSA) is 62.2 Å². The lowest BCUT2D eigenvalue weighted by Gasteiger charge is -2.13. The fraction of sp³-hybridized carbons (Fsp3) is 0.200. The highest BCUT2D eigenvalue weighted by molar-refractivity contribution is 5.95. The average Bonchev–Trinajstić information content (AvgIpc) is 2.45. The smallest absolute Gasteiger partial charge is 0.253 e. The number of nitrogens with zero attached hydrogens (tertiary/aromatic N) is 1. The summed E-state index contributed by atoms with van der Waals surface area (Å²) in [5.41, 5.74) is 1.20. The summed E-state index contributed by atoms with van der Waals surface area (Å²) < 4.78 is 13.5. The molecule has 5 heteroatoms. The first-order valence-corrected chi connectivity index (χ1v) is 6.22.